The van der Waals surface area contributed by atoms with E-state index in [1.807, 2.05) is 6.92 Å². The molecule has 1 fully saturated rings. The number of ketones is 1. The lowest BCUT2D eigenvalue weighted by atomic mass is 9.87. The van der Waals surface area contributed by atoms with Gasteiger partial charge in [-0.05, 0) is 18.6 Å². The highest BCUT2D eigenvalue weighted by molar-refractivity contribution is 6.43. The third kappa shape index (κ3) is 3.20. The number of rotatable bonds is 2. The van der Waals surface area contributed by atoms with Crippen LogP contribution in [0.25, 0.3) is 0 Å². The van der Waals surface area contributed by atoms with Gasteiger partial charge in [-0.15, -0.1) is 11.6 Å². The first-order valence-electron chi connectivity index (χ1n) is 6.10. The van der Waals surface area contributed by atoms with E-state index in [9.17, 15) is 9.59 Å². The number of alkyl halides is 1. The van der Waals surface area contributed by atoms with E-state index >= 15 is 0 Å². The number of benzene rings is 1. The fraction of sp³-hybridized carbons (Fsp3) is 0.357. The number of halogens is 1. The molecule has 0 spiro atoms. The molecule has 4 nitrogen and oxygen atoms in total. The maximum absolute atomic E-state index is 11.7. The Morgan fingerprint density at radius 2 is 2.05 bits per heavy atom. The van der Waals surface area contributed by atoms with Crippen molar-refractivity contribution in [3.8, 4) is 0 Å². The van der Waals surface area contributed by atoms with E-state index in [2.05, 4.69) is 5.16 Å². The molecule has 1 aliphatic rings. The Labute approximate surface area is 116 Å². The summed E-state index contributed by atoms with van der Waals surface area (Å²) < 4.78 is 0. The summed E-state index contributed by atoms with van der Waals surface area (Å²) in [5.41, 5.74) is 0.843. The predicted octanol–water partition coefficient (Wildman–Crippen LogP) is 2.81. The van der Waals surface area contributed by atoms with E-state index in [0.29, 0.717) is 24.1 Å². The molecule has 19 heavy (non-hydrogen) atoms. The van der Waals surface area contributed by atoms with Crippen molar-refractivity contribution in [1.82, 2.24) is 0 Å². The molecule has 0 N–H and O–H groups in total. The Hall–Kier alpha value is -1.68. The molecule has 0 saturated heterocycles. The number of carbonyl (C=O) groups excluding carboxylic acids is 2. The largest absolute Gasteiger partial charge is 0.365 e. The molecule has 2 rings (SSSR count). The van der Waals surface area contributed by atoms with Crippen molar-refractivity contribution in [1.29, 1.82) is 0 Å². The van der Waals surface area contributed by atoms with Crippen LogP contribution in [0.4, 0.5) is 0 Å². The van der Waals surface area contributed by atoms with Crippen LogP contribution in [-0.4, -0.2) is 22.8 Å². The average molecular weight is 280 g/mol. The molecule has 0 aromatic heterocycles. The lowest BCUT2D eigenvalue weighted by molar-refractivity contribution is -0.118. The van der Waals surface area contributed by atoms with Gasteiger partial charge < -0.3 is 4.84 Å². The molecule has 2 unspecified atom stereocenters. The first-order valence-corrected chi connectivity index (χ1v) is 6.54. The number of hydrogen-bond acceptors (Lipinski definition) is 4. The fourth-order valence-corrected chi connectivity index (χ4v) is 2.27. The highest BCUT2D eigenvalue weighted by Gasteiger charge is 2.32. The lowest BCUT2D eigenvalue weighted by Crippen LogP contribution is -2.35. The van der Waals surface area contributed by atoms with Gasteiger partial charge in [0.1, 0.15) is 5.38 Å². The SMILES string of the molecule is CC1CCC(=O)C(Cl)C1=NOC(=O)c1ccccc1. The third-order valence-electron chi connectivity index (χ3n) is 3.11. The highest BCUT2D eigenvalue weighted by atomic mass is 35.5. The minimum atomic E-state index is -0.785. The molecule has 1 aromatic rings. The van der Waals surface area contributed by atoms with E-state index in [4.69, 9.17) is 16.4 Å². The Morgan fingerprint density at radius 3 is 2.74 bits per heavy atom. The van der Waals surface area contributed by atoms with Gasteiger partial charge in [-0.2, -0.15) is 0 Å². The summed E-state index contributed by atoms with van der Waals surface area (Å²) in [6.45, 7) is 1.91. The molecule has 1 aromatic carbocycles. The standard InChI is InChI=1S/C14H14ClNO3/c1-9-7-8-11(17)12(15)13(9)16-19-14(18)10-5-3-2-4-6-10/h2-6,9,12H,7-8H2,1H3. The molecule has 100 valence electrons. The van der Waals surface area contributed by atoms with E-state index in [1.54, 1.807) is 30.3 Å². The zero-order chi connectivity index (χ0) is 13.8. The van der Waals surface area contributed by atoms with Gasteiger partial charge in [-0.25, -0.2) is 4.79 Å². The molecule has 5 heteroatoms. The number of oxime groups is 1. The summed E-state index contributed by atoms with van der Waals surface area (Å²) in [5, 5.41) is 3.00. The zero-order valence-corrected chi connectivity index (χ0v) is 11.3. The van der Waals surface area contributed by atoms with Gasteiger partial charge in [0.15, 0.2) is 5.78 Å². The quantitative estimate of drug-likeness (QED) is 0.475. The second-order valence-corrected chi connectivity index (χ2v) is 4.97. The molecule has 2 atom stereocenters. The summed E-state index contributed by atoms with van der Waals surface area (Å²) in [6, 6.07) is 8.55. The molecular formula is C14H14ClNO3. The summed E-state index contributed by atoms with van der Waals surface area (Å²) in [7, 11) is 0. The first kappa shape index (κ1) is 13.7. The van der Waals surface area contributed by atoms with Gasteiger partial charge >= 0.3 is 5.97 Å². The number of nitrogens with zero attached hydrogens (tertiary/aromatic N) is 1. The number of hydrogen-bond donors (Lipinski definition) is 0. The first-order chi connectivity index (χ1) is 9.09. The lowest BCUT2D eigenvalue weighted by Gasteiger charge is -2.22. The maximum atomic E-state index is 11.7. The van der Waals surface area contributed by atoms with Crippen molar-refractivity contribution in [3.05, 3.63) is 35.9 Å². The van der Waals surface area contributed by atoms with Crippen molar-refractivity contribution in [2.24, 2.45) is 11.1 Å². The molecule has 0 radical (unpaired) electrons. The summed E-state index contributed by atoms with van der Waals surface area (Å²) in [6.07, 6.45) is 1.13. The topological polar surface area (TPSA) is 55.7 Å². The molecule has 0 amide bonds. The molecule has 0 aliphatic heterocycles. The van der Waals surface area contributed by atoms with E-state index < -0.39 is 11.3 Å². The van der Waals surface area contributed by atoms with Crippen LogP contribution in [0.15, 0.2) is 35.5 Å². The van der Waals surface area contributed by atoms with Gasteiger partial charge in [0.2, 0.25) is 0 Å². The summed E-state index contributed by atoms with van der Waals surface area (Å²) in [5.74, 6) is -0.583. The minimum Gasteiger partial charge on any atom is -0.313 e. The van der Waals surface area contributed by atoms with Crippen LogP contribution in [0.2, 0.25) is 0 Å². The Kier molecular flexibility index (Phi) is 4.32. The zero-order valence-electron chi connectivity index (χ0n) is 10.5. The monoisotopic (exact) mass is 279 g/mol. The average Bonchev–Trinajstić information content (AvgIpc) is 2.44. The Morgan fingerprint density at radius 1 is 1.37 bits per heavy atom. The highest BCUT2D eigenvalue weighted by Crippen LogP contribution is 2.23. The van der Waals surface area contributed by atoms with Crippen molar-refractivity contribution in [2.75, 3.05) is 0 Å². The molecule has 0 heterocycles. The second kappa shape index (κ2) is 5.97. The second-order valence-electron chi connectivity index (χ2n) is 4.53. The van der Waals surface area contributed by atoms with Gasteiger partial charge in [0, 0.05) is 12.3 Å². The van der Waals surface area contributed by atoms with Crippen molar-refractivity contribution >= 4 is 29.1 Å². The van der Waals surface area contributed by atoms with Gasteiger partial charge in [0.25, 0.3) is 0 Å². The molecular weight excluding hydrogens is 266 g/mol. The fourth-order valence-electron chi connectivity index (χ4n) is 1.91. The summed E-state index contributed by atoms with van der Waals surface area (Å²) >= 11 is 5.99. The van der Waals surface area contributed by atoms with Gasteiger partial charge in [-0.3, -0.25) is 4.79 Å². The van der Waals surface area contributed by atoms with Crippen LogP contribution in [0.1, 0.15) is 30.1 Å². The van der Waals surface area contributed by atoms with Crippen molar-refractivity contribution in [2.45, 2.75) is 25.1 Å². The van der Waals surface area contributed by atoms with Crippen molar-refractivity contribution < 1.29 is 14.4 Å². The van der Waals surface area contributed by atoms with Crippen LogP contribution in [0.3, 0.4) is 0 Å². The predicted molar refractivity (Wildman–Crippen MR) is 72.3 cm³/mol. The summed E-state index contributed by atoms with van der Waals surface area (Å²) in [4.78, 5) is 28.1. The normalized spacial score (nSPS) is 25.4. The van der Waals surface area contributed by atoms with E-state index in [0.717, 1.165) is 0 Å². The Bertz CT molecular complexity index is 513. The van der Waals surface area contributed by atoms with Crippen LogP contribution < -0.4 is 0 Å². The van der Waals surface area contributed by atoms with E-state index in [1.165, 1.54) is 0 Å². The maximum Gasteiger partial charge on any atom is 0.365 e. The molecule has 1 saturated carbocycles. The van der Waals surface area contributed by atoms with Crippen molar-refractivity contribution in [3.63, 3.8) is 0 Å². The minimum absolute atomic E-state index is 0.0452. The molecule has 1 aliphatic carbocycles. The van der Waals surface area contributed by atoms with Gasteiger partial charge in [0.05, 0.1) is 11.3 Å². The van der Waals surface area contributed by atoms with Crippen LogP contribution in [0.5, 0.6) is 0 Å². The van der Waals surface area contributed by atoms with Gasteiger partial charge in [-0.1, -0.05) is 30.3 Å². The number of carbonyl (C=O) groups is 2. The third-order valence-corrected chi connectivity index (χ3v) is 3.58. The molecule has 0 bridgehead atoms. The van der Waals surface area contributed by atoms with Crippen LogP contribution >= 0.6 is 11.6 Å². The Balaban J connectivity index is 2.09. The van der Waals surface area contributed by atoms with E-state index in [-0.39, 0.29) is 11.7 Å². The van der Waals surface area contributed by atoms with Crippen LogP contribution in [-0.2, 0) is 9.63 Å². The van der Waals surface area contributed by atoms with Crippen LogP contribution in [0, 0.1) is 5.92 Å². The number of Topliss-reactive ketones (excluding diaryl/α,β-unsaturated/α-hetero) is 1. The smallest absolute Gasteiger partial charge is 0.313 e.